The van der Waals surface area contributed by atoms with Crippen molar-refractivity contribution in [1.29, 1.82) is 0 Å². The van der Waals surface area contributed by atoms with Gasteiger partial charge in [-0.15, -0.1) is 0 Å². The Labute approximate surface area is 306 Å². The molecular formula is C40H65N3O8. The summed E-state index contributed by atoms with van der Waals surface area (Å²) in [6, 6.07) is 0.430. The Bertz CT molecular complexity index is 1220. The lowest BCUT2D eigenvalue weighted by atomic mass is 9.87. The van der Waals surface area contributed by atoms with Gasteiger partial charge in [0, 0.05) is 57.0 Å². The second-order valence-corrected chi connectivity index (χ2v) is 15.9. The molecule has 0 aromatic heterocycles. The van der Waals surface area contributed by atoms with E-state index >= 15 is 0 Å². The van der Waals surface area contributed by atoms with Crippen LogP contribution >= 0.6 is 0 Å². The molecule has 1 aliphatic carbocycles. The quantitative estimate of drug-likeness (QED) is 0.0987. The van der Waals surface area contributed by atoms with Gasteiger partial charge in [-0.2, -0.15) is 0 Å². The smallest absolute Gasteiger partial charge is 0.410 e. The number of hydrogen-bond donors (Lipinski definition) is 2. The average Bonchev–Trinajstić information content (AvgIpc) is 3.43. The summed E-state index contributed by atoms with van der Waals surface area (Å²) in [6.07, 6.45) is 17.6. The molecular weight excluding hydrogens is 650 g/mol. The number of likely N-dealkylation sites (tertiary alicyclic amines) is 1. The van der Waals surface area contributed by atoms with Gasteiger partial charge in [-0.1, -0.05) is 70.8 Å². The van der Waals surface area contributed by atoms with Gasteiger partial charge in [0.05, 0.1) is 19.3 Å². The van der Waals surface area contributed by atoms with Crippen molar-refractivity contribution in [3.8, 4) is 0 Å². The molecule has 2 amide bonds. The van der Waals surface area contributed by atoms with E-state index in [0.29, 0.717) is 38.5 Å². The minimum Gasteiger partial charge on any atom is -0.457 e. The summed E-state index contributed by atoms with van der Waals surface area (Å²) in [5.41, 5.74) is -0.484. The van der Waals surface area contributed by atoms with Gasteiger partial charge in [0.15, 0.2) is 6.10 Å². The maximum absolute atomic E-state index is 13.5. The number of amides is 2. The molecule has 0 aromatic rings. The lowest BCUT2D eigenvalue weighted by Crippen LogP contribution is -2.53. The summed E-state index contributed by atoms with van der Waals surface area (Å²) in [5.74, 6) is -0.647. The molecule has 3 fully saturated rings. The Morgan fingerprint density at radius 2 is 1.71 bits per heavy atom. The number of aliphatic hydroxyl groups excluding tert-OH is 1. The zero-order chi connectivity index (χ0) is 37.0. The monoisotopic (exact) mass is 715 g/mol. The highest BCUT2D eigenvalue weighted by Crippen LogP contribution is 2.29. The van der Waals surface area contributed by atoms with Crippen molar-refractivity contribution in [2.75, 3.05) is 45.9 Å². The number of hydrogen-bond acceptors (Lipinski definition) is 9. The van der Waals surface area contributed by atoms with Gasteiger partial charge in [-0.05, 0) is 69.9 Å². The number of aliphatic hydroxyl groups is 2. The molecule has 2 N–H and O–H groups in total. The predicted octanol–water partition coefficient (Wildman–Crippen LogP) is 6.24. The first-order chi connectivity index (χ1) is 24.4. The fourth-order valence-corrected chi connectivity index (χ4v) is 7.80. The van der Waals surface area contributed by atoms with Gasteiger partial charge in [0.1, 0.15) is 11.7 Å². The number of carbonyl (C=O) groups excluding carboxylic acids is 3. The fourth-order valence-electron chi connectivity index (χ4n) is 7.80. The molecule has 51 heavy (non-hydrogen) atoms. The number of carbonyl (C=O) groups is 3. The summed E-state index contributed by atoms with van der Waals surface area (Å²) < 4.78 is 17.6. The molecule has 0 unspecified atom stereocenters. The first kappa shape index (κ1) is 40.9. The second kappa shape index (κ2) is 19.8. The minimum atomic E-state index is -1.32. The normalized spacial score (nSPS) is 32.4. The predicted molar refractivity (Wildman–Crippen MR) is 197 cm³/mol. The summed E-state index contributed by atoms with van der Waals surface area (Å²) in [4.78, 5) is 44.9. The van der Waals surface area contributed by atoms with Gasteiger partial charge in [0.25, 0.3) is 0 Å². The lowest BCUT2D eigenvalue weighted by molar-refractivity contribution is -0.150. The van der Waals surface area contributed by atoms with Crippen LogP contribution < -0.4 is 0 Å². The minimum absolute atomic E-state index is 0.0299. The highest BCUT2D eigenvalue weighted by Gasteiger charge is 2.37. The zero-order valence-electron chi connectivity index (χ0n) is 31.8. The van der Waals surface area contributed by atoms with Crippen LogP contribution in [0.3, 0.4) is 0 Å². The zero-order valence-corrected chi connectivity index (χ0v) is 31.8. The van der Waals surface area contributed by atoms with Crippen molar-refractivity contribution in [2.45, 2.75) is 135 Å². The molecule has 288 valence electrons. The van der Waals surface area contributed by atoms with Gasteiger partial charge >= 0.3 is 18.2 Å². The molecule has 0 bridgehead atoms. The number of cyclic esters (lactones) is 1. The first-order valence-electron chi connectivity index (χ1n) is 19.6. The van der Waals surface area contributed by atoms with E-state index in [1.807, 2.05) is 52.0 Å². The molecule has 4 rings (SSSR count). The average molecular weight is 716 g/mol. The molecule has 4 aliphatic rings. The van der Waals surface area contributed by atoms with Crippen LogP contribution in [0, 0.1) is 17.8 Å². The molecule has 0 spiro atoms. The van der Waals surface area contributed by atoms with Crippen molar-refractivity contribution in [1.82, 2.24) is 14.7 Å². The Hall–Kier alpha value is -2.89. The van der Waals surface area contributed by atoms with E-state index in [1.54, 1.807) is 22.8 Å². The van der Waals surface area contributed by atoms with Crippen LogP contribution in [0.2, 0.25) is 0 Å². The standard InChI is InChI=1S/C40H65N3O8/c1-29-19-20-40(5,48)35(50-38(46)42-24-22-41(23-25-42)33-14-8-6-7-9-15-33)18-17-32(4)37(51-36(45)26-29)31(3)13-10-12-30(2)28-49-39(47)43-21-11-16-34(43)27-44/h10,12-13,17-18,29-30,32-35,37,44,48H,6-9,11,14-16,19-28H2,1-5H3/b12-10+,18-17+,31-13+/t29-,30-,32+,34+,35+,37-,40-/m1/s1. The Balaban J connectivity index is 1.39. The number of allylic oxidation sites excluding steroid dienone is 2. The van der Waals surface area contributed by atoms with Crippen LogP contribution in [-0.4, -0.2) is 119 Å². The molecule has 3 heterocycles. The number of rotatable bonds is 8. The van der Waals surface area contributed by atoms with Crippen LogP contribution in [0.4, 0.5) is 9.59 Å². The van der Waals surface area contributed by atoms with E-state index < -0.39 is 30.0 Å². The first-order valence-corrected chi connectivity index (χ1v) is 19.6. The second-order valence-electron chi connectivity index (χ2n) is 15.9. The highest BCUT2D eigenvalue weighted by molar-refractivity contribution is 5.70. The maximum atomic E-state index is 13.5. The fraction of sp³-hybridized carbons (Fsp3) is 0.775. The van der Waals surface area contributed by atoms with E-state index in [9.17, 15) is 24.6 Å². The van der Waals surface area contributed by atoms with Crippen LogP contribution in [0.25, 0.3) is 0 Å². The van der Waals surface area contributed by atoms with Crippen molar-refractivity contribution < 1.29 is 38.8 Å². The van der Waals surface area contributed by atoms with E-state index in [2.05, 4.69) is 4.90 Å². The van der Waals surface area contributed by atoms with Crippen LogP contribution in [0.1, 0.15) is 105 Å². The molecule has 0 radical (unpaired) electrons. The van der Waals surface area contributed by atoms with E-state index in [0.717, 1.165) is 31.5 Å². The molecule has 2 saturated heterocycles. The number of piperazine rings is 1. The Morgan fingerprint density at radius 1 is 1.00 bits per heavy atom. The summed E-state index contributed by atoms with van der Waals surface area (Å²) >= 11 is 0. The Kier molecular flexibility index (Phi) is 15.9. The SMILES string of the molecule is C/C(=C\C=C\[C@@H](C)COC(=O)N1CCC[C@H]1CO)[C@H]1OC(=O)C[C@H](C)CC[C@@](C)(O)[C@@H](OC(=O)N2CCN(C3CCCCCC3)CC2)/C=C/[C@@H]1C. The number of esters is 1. The van der Waals surface area contributed by atoms with E-state index in [-0.39, 0.29) is 49.4 Å². The molecule has 1 saturated carbocycles. The van der Waals surface area contributed by atoms with E-state index in [1.165, 1.54) is 38.5 Å². The largest absolute Gasteiger partial charge is 0.457 e. The summed E-state index contributed by atoms with van der Waals surface area (Å²) in [6.45, 7) is 13.1. The summed E-state index contributed by atoms with van der Waals surface area (Å²) in [5, 5.41) is 21.2. The van der Waals surface area contributed by atoms with Crippen molar-refractivity contribution in [3.63, 3.8) is 0 Å². The topological polar surface area (TPSA) is 129 Å². The number of ether oxygens (including phenoxy) is 3. The third-order valence-electron chi connectivity index (χ3n) is 11.3. The van der Waals surface area contributed by atoms with Crippen LogP contribution in [0.15, 0.2) is 36.0 Å². The Morgan fingerprint density at radius 3 is 2.39 bits per heavy atom. The van der Waals surface area contributed by atoms with Gasteiger partial charge in [-0.25, -0.2) is 9.59 Å². The van der Waals surface area contributed by atoms with Crippen LogP contribution in [0.5, 0.6) is 0 Å². The van der Waals surface area contributed by atoms with Gasteiger partial charge < -0.3 is 34.2 Å². The van der Waals surface area contributed by atoms with Crippen LogP contribution in [-0.2, 0) is 19.0 Å². The number of nitrogens with zero attached hydrogens (tertiary/aromatic N) is 3. The summed E-state index contributed by atoms with van der Waals surface area (Å²) in [7, 11) is 0. The van der Waals surface area contributed by atoms with Gasteiger partial charge in [0.2, 0.25) is 0 Å². The maximum Gasteiger partial charge on any atom is 0.410 e. The van der Waals surface area contributed by atoms with Crippen molar-refractivity contribution in [3.05, 3.63) is 36.0 Å². The molecule has 7 atom stereocenters. The molecule has 3 aliphatic heterocycles. The third-order valence-corrected chi connectivity index (χ3v) is 11.3. The lowest BCUT2D eigenvalue weighted by Gasteiger charge is -2.40. The van der Waals surface area contributed by atoms with E-state index in [4.69, 9.17) is 14.2 Å². The molecule has 11 heteroatoms. The molecule has 0 aromatic carbocycles. The third kappa shape index (κ3) is 12.3. The molecule has 11 nitrogen and oxygen atoms in total. The van der Waals surface area contributed by atoms with Gasteiger partial charge in [-0.3, -0.25) is 9.69 Å². The highest BCUT2D eigenvalue weighted by atomic mass is 16.6. The van der Waals surface area contributed by atoms with Crippen molar-refractivity contribution in [2.24, 2.45) is 17.8 Å². The van der Waals surface area contributed by atoms with Crippen molar-refractivity contribution >= 4 is 18.2 Å².